The van der Waals surface area contributed by atoms with Crippen molar-refractivity contribution in [1.82, 2.24) is 19.1 Å². The summed E-state index contributed by atoms with van der Waals surface area (Å²) in [6.07, 6.45) is 9.38. The van der Waals surface area contributed by atoms with Crippen molar-refractivity contribution in [2.45, 2.75) is 99.6 Å². The van der Waals surface area contributed by atoms with Crippen molar-refractivity contribution in [1.29, 1.82) is 0 Å². The number of hydrogen-bond donors (Lipinski definition) is 0. The van der Waals surface area contributed by atoms with Gasteiger partial charge in [0, 0.05) is 48.7 Å². The van der Waals surface area contributed by atoms with Crippen LogP contribution < -0.4 is 0 Å². The molecule has 0 amide bonds. The van der Waals surface area contributed by atoms with Crippen LogP contribution in [0.4, 0.5) is 0 Å². The van der Waals surface area contributed by atoms with Crippen LogP contribution in [0.1, 0.15) is 104 Å². The SMILES string of the molecule is CC(Cc1cnc(CCC(C)(C)C)n1C(C)C)C(C)c1nccn1C(C)C. The molecule has 0 fully saturated rings. The highest BCUT2D eigenvalue weighted by molar-refractivity contribution is 5.11. The standard InChI is InChI=1S/C23H40N4/c1-16(2)26-13-12-24-22(26)19(6)18(5)14-20-15-25-21(27(20)17(3)4)10-11-23(7,8)9/h12-13,15-19H,10-11,14H2,1-9H3. The molecule has 0 saturated carbocycles. The van der Waals surface area contributed by atoms with Gasteiger partial charge in [-0.25, -0.2) is 9.97 Å². The van der Waals surface area contributed by atoms with Crippen molar-refractivity contribution in [2.75, 3.05) is 0 Å². The van der Waals surface area contributed by atoms with Crippen molar-refractivity contribution < 1.29 is 0 Å². The Hall–Kier alpha value is -1.58. The monoisotopic (exact) mass is 372 g/mol. The molecule has 2 aromatic heterocycles. The molecular weight excluding hydrogens is 332 g/mol. The lowest BCUT2D eigenvalue weighted by atomic mass is 9.90. The third kappa shape index (κ3) is 5.46. The van der Waals surface area contributed by atoms with Crippen molar-refractivity contribution in [3.8, 4) is 0 Å². The molecular formula is C23H40N4. The molecule has 2 atom stereocenters. The second-order valence-corrected chi connectivity index (χ2v) is 9.95. The van der Waals surface area contributed by atoms with E-state index in [1.54, 1.807) is 0 Å². The fraction of sp³-hybridized carbons (Fsp3) is 0.739. The van der Waals surface area contributed by atoms with Gasteiger partial charge in [-0.05, 0) is 51.9 Å². The van der Waals surface area contributed by atoms with Gasteiger partial charge in [-0.2, -0.15) is 0 Å². The summed E-state index contributed by atoms with van der Waals surface area (Å²) >= 11 is 0. The predicted octanol–water partition coefficient (Wildman–Crippen LogP) is 6.20. The summed E-state index contributed by atoms with van der Waals surface area (Å²) in [6.45, 7) is 20.5. The summed E-state index contributed by atoms with van der Waals surface area (Å²) in [6, 6.07) is 0.889. The zero-order valence-corrected chi connectivity index (χ0v) is 19.0. The van der Waals surface area contributed by atoms with Crippen LogP contribution in [0, 0.1) is 11.3 Å². The van der Waals surface area contributed by atoms with Gasteiger partial charge in [-0.15, -0.1) is 0 Å². The first-order valence-electron chi connectivity index (χ1n) is 10.6. The number of aromatic nitrogens is 4. The summed E-state index contributed by atoms with van der Waals surface area (Å²) < 4.78 is 4.76. The van der Waals surface area contributed by atoms with Crippen molar-refractivity contribution in [3.05, 3.63) is 35.9 Å². The molecule has 2 aromatic rings. The van der Waals surface area contributed by atoms with Crippen molar-refractivity contribution in [2.24, 2.45) is 11.3 Å². The van der Waals surface area contributed by atoms with Gasteiger partial charge in [0.05, 0.1) is 0 Å². The second-order valence-electron chi connectivity index (χ2n) is 9.95. The Morgan fingerprint density at radius 2 is 1.63 bits per heavy atom. The average molecular weight is 373 g/mol. The summed E-state index contributed by atoms with van der Waals surface area (Å²) in [4.78, 5) is 9.46. The maximum atomic E-state index is 4.80. The Kier molecular flexibility index (Phi) is 6.93. The minimum Gasteiger partial charge on any atom is -0.332 e. The molecule has 0 aliphatic carbocycles. The summed E-state index contributed by atoms with van der Waals surface area (Å²) in [5.41, 5.74) is 1.69. The Balaban J connectivity index is 2.18. The van der Waals surface area contributed by atoms with E-state index in [0.717, 1.165) is 19.3 Å². The Labute approximate surface area is 166 Å². The quantitative estimate of drug-likeness (QED) is 0.553. The summed E-state index contributed by atoms with van der Waals surface area (Å²) in [5, 5.41) is 0. The molecule has 152 valence electrons. The van der Waals surface area contributed by atoms with E-state index >= 15 is 0 Å². The first-order valence-corrected chi connectivity index (χ1v) is 10.6. The van der Waals surface area contributed by atoms with E-state index in [1.165, 1.54) is 17.3 Å². The number of nitrogens with zero attached hydrogens (tertiary/aromatic N) is 4. The molecule has 27 heavy (non-hydrogen) atoms. The second kappa shape index (κ2) is 8.62. The lowest BCUT2D eigenvalue weighted by Crippen LogP contribution is -2.19. The highest BCUT2D eigenvalue weighted by Crippen LogP contribution is 2.29. The fourth-order valence-corrected chi connectivity index (χ4v) is 3.77. The fourth-order valence-electron chi connectivity index (χ4n) is 3.77. The van der Waals surface area contributed by atoms with E-state index in [4.69, 9.17) is 4.98 Å². The Morgan fingerprint density at radius 1 is 0.963 bits per heavy atom. The number of rotatable bonds is 8. The largest absolute Gasteiger partial charge is 0.332 e. The maximum Gasteiger partial charge on any atom is 0.111 e. The van der Waals surface area contributed by atoms with Crippen LogP contribution in [-0.4, -0.2) is 19.1 Å². The number of hydrogen-bond acceptors (Lipinski definition) is 2. The third-order valence-electron chi connectivity index (χ3n) is 5.61. The highest BCUT2D eigenvalue weighted by atomic mass is 15.1. The van der Waals surface area contributed by atoms with Gasteiger partial charge in [0.2, 0.25) is 0 Å². The van der Waals surface area contributed by atoms with Gasteiger partial charge in [-0.1, -0.05) is 34.6 Å². The van der Waals surface area contributed by atoms with Gasteiger partial charge in [0.1, 0.15) is 11.6 Å². The Morgan fingerprint density at radius 3 is 2.19 bits per heavy atom. The molecule has 4 nitrogen and oxygen atoms in total. The topological polar surface area (TPSA) is 35.6 Å². The van der Waals surface area contributed by atoms with Crippen LogP contribution in [0.5, 0.6) is 0 Å². The van der Waals surface area contributed by atoms with E-state index in [-0.39, 0.29) is 0 Å². The van der Waals surface area contributed by atoms with Gasteiger partial charge in [0.25, 0.3) is 0 Å². The van der Waals surface area contributed by atoms with E-state index in [0.29, 0.717) is 29.3 Å². The Bertz CT molecular complexity index is 715. The molecule has 0 N–H and O–H groups in total. The molecule has 0 aliphatic heterocycles. The lowest BCUT2D eigenvalue weighted by molar-refractivity contribution is 0.367. The zero-order valence-electron chi connectivity index (χ0n) is 19.0. The van der Waals surface area contributed by atoms with Crippen LogP contribution in [0.15, 0.2) is 18.6 Å². The molecule has 4 heteroatoms. The molecule has 0 saturated heterocycles. The van der Waals surface area contributed by atoms with E-state index in [1.807, 2.05) is 6.20 Å². The molecule has 0 bridgehead atoms. The van der Waals surface area contributed by atoms with Gasteiger partial charge in [0.15, 0.2) is 0 Å². The number of imidazole rings is 2. The first-order chi connectivity index (χ1) is 12.5. The highest BCUT2D eigenvalue weighted by Gasteiger charge is 2.23. The molecule has 0 aromatic carbocycles. The molecule has 2 unspecified atom stereocenters. The molecule has 0 spiro atoms. The third-order valence-corrected chi connectivity index (χ3v) is 5.61. The van der Waals surface area contributed by atoms with Crippen LogP contribution in [-0.2, 0) is 12.8 Å². The molecule has 2 heterocycles. The first kappa shape index (κ1) is 21.7. The van der Waals surface area contributed by atoms with E-state index < -0.39 is 0 Å². The van der Waals surface area contributed by atoms with Gasteiger partial charge < -0.3 is 9.13 Å². The van der Waals surface area contributed by atoms with Crippen molar-refractivity contribution in [3.63, 3.8) is 0 Å². The van der Waals surface area contributed by atoms with Crippen molar-refractivity contribution >= 4 is 0 Å². The van der Waals surface area contributed by atoms with E-state index in [9.17, 15) is 0 Å². The van der Waals surface area contributed by atoms with Gasteiger partial charge in [-0.3, -0.25) is 0 Å². The number of aryl methyl sites for hydroxylation is 1. The van der Waals surface area contributed by atoms with Crippen LogP contribution in [0.3, 0.4) is 0 Å². The zero-order chi connectivity index (χ0) is 20.4. The van der Waals surface area contributed by atoms with Crippen LogP contribution in [0.25, 0.3) is 0 Å². The average Bonchev–Trinajstić information content (AvgIpc) is 3.18. The van der Waals surface area contributed by atoms with Gasteiger partial charge >= 0.3 is 0 Å². The van der Waals surface area contributed by atoms with E-state index in [2.05, 4.69) is 88.8 Å². The predicted molar refractivity (Wildman–Crippen MR) is 114 cm³/mol. The minimum atomic E-state index is 0.337. The molecule has 0 aliphatic rings. The normalized spacial score (nSPS) is 14.9. The minimum absolute atomic E-state index is 0.337. The smallest absolute Gasteiger partial charge is 0.111 e. The van der Waals surface area contributed by atoms with Crippen LogP contribution >= 0.6 is 0 Å². The lowest BCUT2D eigenvalue weighted by Gasteiger charge is -2.24. The molecule has 2 rings (SSSR count). The maximum absolute atomic E-state index is 4.80. The summed E-state index contributed by atoms with van der Waals surface area (Å²) in [5.74, 6) is 3.35. The summed E-state index contributed by atoms with van der Waals surface area (Å²) in [7, 11) is 0. The van der Waals surface area contributed by atoms with Crippen LogP contribution in [0.2, 0.25) is 0 Å². The molecule has 0 radical (unpaired) electrons.